The first-order chi connectivity index (χ1) is 11.9. The molecule has 0 aromatic heterocycles. The average molecular weight is 331 g/mol. The lowest BCUT2D eigenvalue weighted by Gasteiger charge is -2.17. The number of hydrogen-bond donors (Lipinski definition) is 0. The number of unbranched alkanes of at least 4 members (excludes halogenated alkanes) is 10. The summed E-state index contributed by atoms with van der Waals surface area (Å²) in [5, 5.41) is 0. The summed E-state index contributed by atoms with van der Waals surface area (Å²) >= 11 is 0. The molecule has 0 saturated heterocycles. The highest BCUT2D eigenvalue weighted by molar-refractivity contribution is 5.15. The van der Waals surface area contributed by atoms with Crippen LogP contribution in [0.15, 0.2) is 30.3 Å². The van der Waals surface area contributed by atoms with Crippen LogP contribution in [0, 0.1) is 5.92 Å². The first-order valence-corrected chi connectivity index (χ1v) is 10.9. The Morgan fingerprint density at radius 3 is 1.54 bits per heavy atom. The molecule has 1 atom stereocenters. The van der Waals surface area contributed by atoms with Gasteiger partial charge in [-0.3, -0.25) is 0 Å². The minimum absolute atomic E-state index is 0.907. The van der Waals surface area contributed by atoms with Crippen molar-refractivity contribution < 1.29 is 0 Å². The fourth-order valence-electron chi connectivity index (χ4n) is 3.72. The van der Waals surface area contributed by atoms with Gasteiger partial charge < -0.3 is 0 Å². The van der Waals surface area contributed by atoms with Crippen molar-refractivity contribution in [2.24, 2.45) is 5.92 Å². The summed E-state index contributed by atoms with van der Waals surface area (Å²) in [5.74, 6) is 0.907. The van der Waals surface area contributed by atoms with E-state index >= 15 is 0 Å². The van der Waals surface area contributed by atoms with Gasteiger partial charge in [0.25, 0.3) is 0 Å². The highest BCUT2D eigenvalue weighted by Gasteiger charge is 2.09. The van der Waals surface area contributed by atoms with Gasteiger partial charge in [-0.2, -0.15) is 0 Å². The second kappa shape index (κ2) is 15.7. The van der Waals surface area contributed by atoms with E-state index in [1.54, 1.807) is 5.56 Å². The van der Waals surface area contributed by atoms with Gasteiger partial charge in [-0.1, -0.05) is 134 Å². The topological polar surface area (TPSA) is 0 Å². The van der Waals surface area contributed by atoms with Gasteiger partial charge >= 0.3 is 0 Å². The quantitative estimate of drug-likeness (QED) is 0.267. The molecule has 0 N–H and O–H groups in total. The maximum atomic E-state index is 2.31. The van der Waals surface area contributed by atoms with Gasteiger partial charge in [-0.25, -0.2) is 0 Å². The molecule has 1 unspecified atom stereocenters. The maximum absolute atomic E-state index is 2.31. The molecular formula is C24H42. The van der Waals surface area contributed by atoms with Crippen LogP contribution in [0.3, 0.4) is 0 Å². The normalized spacial score (nSPS) is 12.4. The molecule has 0 fully saturated rings. The third-order valence-corrected chi connectivity index (χ3v) is 5.30. The van der Waals surface area contributed by atoms with E-state index in [1.807, 2.05) is 0 Å². The zero-order valence-corrected chi connectivity index (χ0v) is 16.6. The zero-order valence-electron chi connectivity index (χ0n) is 16.6. The van der Waals surface area contributed by atoms with Crippen molar-refractivity contribution in [3.8, 4) is 0 Å². The Labute approximate surface area is 152 Å². The Kier molecular flexibility index (Phi) is 13.9. The van der Waals surface area contributed by atoms with Crippen molar-refractivity contribution in [3.63, 3.8) is 0 Å². The van der Waals surface area contributed by atoms with E-state index in [0.717, 1.165) is 5.92 Å². The molecular weight excluding hydrogens is 288 g/mol. The molecule has 0 nitrogen and oxygen atoms in total. The van der Waals surface area contributed by atoms with E-state index in [0.29, 0.717) is 0 Å². The van der Waals surface area contributed by atoms with Crippen LogP contribution in [0.25, 0.3) is 0 Å². The lowest BCUT2D eigenvalue weighted by atomic mass is 9.89. The smallest absolute Gasteiger partial charge is 0.0250 e. The van der Waals surface area contributed by atoms with Gasteiger partial charge in [0.15, 0.2) is 0 Å². The van der Waals surface area contributed by atoms with E-state index in [2.05, 4.69) is 44.2 Å². The van der Waals surface area contributed by atoms with Gasteiger partial charge in [0.05, 0.1) is 0 Å². The fraction of sp³-hybridized carbons (Fsp3) is 0.750. The summed E-state index contributed by atoms with van der Waals surface area (Å²) in [6.45, 7) is 4.60. The lowest BCUT2D eigenvalue weighted by molar-refractivity contribution is 0.401. The molecule has 1 rings (SSSR count). The van der Waals surface area contributed by atoms with E-state index < -0.39 is 0 Å². The third kappa shape index (κ3) is 11.7. The lowest BCUT2D eigenvalue weighted by Crippen LogP contribution is -2.05. The standard InChI is InChI=1S/C24H42/c1-3-5-7-9-10-12-15-19-23(18-14-11-8-6-4-2)22-24-20-16-13-17-21-24/h13,16-17,20-21,23H,3-12,14-15,18-19,22H2,1-2H3. The molecule has 0 aliphatic rings. The Morgan fingerprint density at radius 2 is 1.04 bits per heavy atom. The molecule has 1 aromatic carbocycles. The van der Waals surface area contributed by atoms with Crippen molar-refractivity contribution in [1.29, 1.82) is 0 Å². The van der Waals surface area contributed by atoms with E-state index in [9.17, 15) is 0 Å². The molecule has 0 bridgehead atoms. The van der Waals surface area contributed by atoms with Gasteiger partial charge in [-0.15, -0.1) is 0 Å². The van der Waals surface area contributed by atoms with Crippen LogP contribution in [0.2, 0.25) is 0 Å². The van der Waals surface area contributed by atoms with Crippen molar-refractivity contribution in [3.05, 3.63) is 35.9 Å². The summed E-state index contributed by atoms with van der Waals surface area (Å²) in [6.07, 6.45) is 21.3. The predicted octanol–water partition coefficient (Wildman–Crippen LogP) is 8.35. The first-order valence-electron chi connectivity index (χ1n) is 10.9. The fourth-order valence-corrected chi connectivity index (χ4v) is 3.72. The zero-order chi connectivity index (χ0) is 17.3. The minimum atomic E-state index is 0.907. The molecule has 0 amide bonds. The van der Waals surface area contributed by atoms with Crippen LogP contribution in [0.1, 0.15) is 109 Å². The highest BCUT2D eigenvalue weighted by atomic mass is 14.1. The van der Waals surface area contributed by atoms with E-state index in [4.69, 9.17) is 0 Å². The second-order valence-corrected chi connectivity index (χ2v) is 7.67. The van der Waals surface area contributed by atoms with Gasteiger partial charge in [0, 0.05) is 0 Å². The number of rotatable bonds is 16. The molecule has 0 aliphatic heterocycles. The molecule has 0 aliphatic carbocycles. The Balaban J connectivity index is 2.23. The Bertz CT molecular complexity index is 354. The van der Waals surface area contributed by atoms with Crippen LogP contribution in [-0.4, -0.2) is 0 Å². The number of benzene rings is 1. The molecule has 0 radical (unpaired) electrons. The summed E-state index contributed by atoms with van der Waals surface area (Å²) in [6, 6.07) is 11.2. The van der Waals surface area contributed by atoms with Crippen LogP contribution in [-0.2, 0) is 6.42 Å². The largest absolute Gasteiger partial charge is 0.0654 e. The molecule has 0 heteroatoms. The summed E-state index contributed by atoms with van der Waals surface area (Å²) in [7, 11) is 0. The van der Waals surface area contributed by atoms with Gasteiger partial charge in [0.1, 0.15) is 0 Å². The third-order valence-electron chi connectivity index (χ3n) is 5.30. The summed E-state index contributed by atoms with van der Waals surface area (Å²) in [5.41, 5.74) is 1.54. The highest BCUT2D eigenvalue weighted by Crippen LogP contribution is 2.23. The average Bonchev–Trinajstić information content (AvgIpc) is 2.61. The summed E-state index contributed by atoms with van der Waals surface area (Å²) < 4.78 is 0. The molecule has 0 heterocycles. The Morgan fingerprint density at radius 1 is 0.583 bits per heavy atom. The molecule has 0 spiro atoms. The van der Waals surface area contributed by atoms with Crippen LogP contribution in [0.5, 0.6) is 0 Å². The number of hydrogen-bond acceptors (Lipinski definition) is 0. The molecule has 0 saturated carbocycles. The summed E-state index contributed by atoms with van der Waals surface area (Å²) in [4.78, 5) is 0. The molecule has 138 valence electrons. The van der Waals surface area contributed by atoms with Gasteiger partial charge in [-0.05, 0) is 17.9 Å². The monoisotopic (exact) mass is 330 g/mol. The van der Waals surface area contributed by atoms with E-state index in [-0.39, 0.29) is 0 Å². The van der Waals surface area contributed by atoms with Crippen molar-refractivity contribution in [1.82, 2.24) is 0 Å². The Hall–Kier alpha value is -0.780. The maximum Gasteiger partial charge on any atom is -0.0250 e. The first kappa shape index (κ1) is 21.3. The predicted molar refractivity (Wildman–Crippen MR) is 110 cm³/mol. The van der Waals surface area contributed by atoms with Crippen molar-refractivity contribution in [2.45, 2.75) is 110 Å². The SMILES string of the molecule is CCCCCCCCCC(CCCCCCC)Cc1ccccc1. The second-order valence-electron chi connectivity index (χ2n) is 7.67. The minimum Gasteiger partial charge on any atom is -0.0654 e. The van der Waals surface area contributed by atoms with Crippen molar-refractivity contribution >= 4 is 0 Å². The van der Waals surface area contributed by atoms with Gasteiger partial charge in [0.2, 0.25) is 0 Å². The van der Waals surface area contributed by atoms with Crippen molar-refractivity contribution in [2.75, 3.05) is 0 Å². The van der Waals surface area contributed by atoms with Crippen LogP contribution >= 0.6 is 0 Å². The van der Waals surface area contributed by atoms with E-state index in [1.165, 1.54) is 96.3 Å². The molecule has 24 heavy (non-hydrogen) atoms. The van der Waals surface area contributed by atoms with Crippen LogP contribution in [0.4, 0.5) is 0 Å². The molecule has 1 aromatic rings. The van der Waals surface area contributed by atoms with Crippen LogP contribution < -0.4 is 0 Å².